The third-order valence-corrected chi connectivity index (χ3v) is 3.77. The Morgan fingerprint density at radius 3 is 2.82 bits per heavy atom. The van der Waals surface area contributed by atoms with Crippen LogP contribution in [0.25, 0.3) is 16.9 Å². The average molecular weight is 294 g/mol. The normalized spacial score (nSPS) is 10.8. The fourth-order valence-corrected chi connectivity index (χ4v) is 2.56. The topological polar surface area (TPSA) is 50.5 Å². The van der Waals surface area contributed by atoms with Crippen molar-refractivity contribution in [3.05, 3.63) is 54.6 Å². The molecule has 0 atom stereocenters. The van der Waals surface area contributed by atoms with E-state index in [-0.39, 0.29) is 5.91 Å². The summed E-state index contributed by atoms with van der Waals surface area (Å²) < 4.78 is 1.97. The van der Waals surface area contributed by atoms with E-state index in [1.807, 2.05) is 53.6 Å². The Balaban J connectivity index is 2.03. The van der Waals surface area contributed by atoms with E-state index in [0.717, 1.165) is 16.9 Å². The third-order valence-electron chi connectivity index (χ3n) is 3.77. The van der Waals surface area contributed by atoms with Gasteiger partial charge in [-0.15, -0.1) is 0 Å². The van der Waals surface area contributed by atoms with Crippen LogP contribution >= 0.6 is 0 Å². The number of aromatic nitrogens is 3. The molecule has 5 nitrogen and oxygen atoms in total. The van der Waals surface area contributed by atoms with Gasteiger partial charge in [-0.25, -0.2) is 4.98 Å². The van der Waals surface area contributed by atoms with Crippen molar-refractivity contribution in [2.75, 3.05) is 13.1 Å². The number of nitrogens with zero attached hydrogens (tertiary/aromatic N) is 4. The molecule has 3 aromatic rings. The van der Waals surface area contributed by atoms with Crippen molar-refractivity contribution in [1.82, 2.24) is 19.3 Å². The zero-order valence-electron chi connectivity index (χ0n) is 12.7. The molecule has 0 fully saturated rings. The largest absolute Gasteiger partial charge is 0.339 e. The van der Waals surface area contributed by atoms with E-state index in [1.165, 1.54) is 0 Å². The quantitative estimate of drug-likeness (QED) is 0.743. The van der Waals surface area contributed by atoms with Crippen LogP contribution in [0.2, 0.25) is 0 Å². The maximum absolute atomic E-state index is 12.5. The first-order valence-corrected chi connectivity index (χ1v) is 7.41. The molecule has 0 aliphatic rings. The van der Waals surface area contributed by atoms with Crippen LogP contribution in [0.3, 0.4) is 0 Å². The number of hydrogen-bond acceptors (Lipinski definition) is 3. The van der Waals surface area contributed by atoms with Gasteiger partial charge in [0.25, 0.3) is 5.91 Å². The molecule has 0 spiro atoms. The van der Waals surface area contributed by atoms with Crippen LogP contribution < -0.4 is 0 Å². The van der Waals surface area contributed by atoms with Crippen molar-refractivity contribution in [3.8, 4) is 11.3 Å². The predicted octanol–water partition coefficient (Wildman–Crippen LogP) is 2.88. The van der Waals surface area contributed by atoms with E-state index < -0.39 is 0 Å². The van der Waals surface area contributed by atoms with Gasteiger partial charge >= 0.3 is 0 Å². The second kappa shape index (κ2) is 5.97. The second-order valence-corrected chi connectivity index (χ2v) is 5.01. The third kappa shape index (κ3) is 2.45. The minimum atomic E-state index is 0.0577. The van der Waals surface area contributed by atoms with Gasteiger partial charge < -0.3 is 4.90 Å². The Kier molecular flexibility index (Phi) is 3.87. The van der Waals surface area contributed by atoms with Crippen molar-refractivity contribution in [2.24, 2.45) is 0 Å². The molecule has 0 bridgehead atoms. The summed E-state index contributed by atoms with van der Waals surface area (Å²) in [5.74, 6) is 0.0577. The van der Waals surface area contributed by atoms with Crippen LogP contribution in [0.4, 0.5) is 0 Å². The zero-order chi connectivity index (χ0) is 15.5. The van der Waals surface area contributed by atoms with Crippen molar-refractivity contribution < 1.29 is 4.79 Å². The lowest BCUT2D eigenvalue weighted by Gasteiger charge is -2.18. The van der Waals surface area contributed by atoms with Gasteiger partial charge in [-0.05, 0) is 26.0 Å². The molecule has 22 heavy (non-hydrogen) atoms. The molecule has 3 rings (SSSR count). The first-order valence-electron chi connectivity index (χ1n) is 7.41. The SMILES string of the molecule is CCN(CC)C(=O)c1cccc(-c2cnc3cnccn23)c1. The number of hydrogen-bond donors (Lipinski definition) is 0. The van der Waals surface area contributed by atoms with Crippen LogP contribution in [0.1, 0.15) is 24.2 Å². The molecule has 0 radical (unpaired) electrons. The number of rotatable bonds is 4. The van der Waals surface area contributed by atoms with Gasteiger partial charge in [0.2, 0.25) is 0 Å². The van der Waals surface area contributed by atoms with Crippen molar-refractivity contribution in [2.45, 2.75) is 13.8 Å². The molecule has 0 unspecified atom stereocenters. The minimum Gasteiger partial charge on any atom is -0.339 e. The van der Waals surface area contributed by atoms with Gasteiger partial charge in [0.15, 0.2) is 5.65 Å². The summed E-state index contributed by atoms with van der Waals surface area (Å²) in [5.41, 5.74) is 3.41. The molecule has 112 valence electrons. The van der Waals surface area contributed by atoms with E-state index in [4.69, 9.17) is 0 Å². The molecule has 1 amide bonds. The number of imidazole rings is 1. The van der Waals surface area contributed by atoms with Crippen LogP contribution in [-0.2, 0) is 0 Å². The van der Waals surface area contributed by atoms with Crippen LogP contribution in [-0.4, -0.2) is 38.3 Å². The molecule has 1 aromatic carbocycles. The highest BCUT2D eigenvalue weighted by molar-refractivity contribution is 5.95. The van der Waals surface area contributed by atoms with Gasteiger partial charge in [0.1, 0.15) is 0 Å². The maximum Gasteiger partial charge on any atom is 0.253 e. The van der Waals surface area contributed by atoms with Crippen LogP contribution in [0.15, 0.2) is 49.1 Å². The lowest BCUT2D eigenvalue weighted by atomic mass is 10.1. The predicted molar refractivity (Wildman–Crippen MR) is 85.7 cm³/mol. The zero-order valence-corrected chi connectivity index (χ0v) is 12.7. The molecule has 2 aromatic heterocycles. The van der Waals surface area contributed by atoms with Gasteiger partial charge in [-0.2, -0.15) is 0 Å². The van der Waals surface area contributed by atoms with Gasteiger partial charge in [0, 0.05) is 36.6 Å². The summed E-state index contributed by atoms with van der Waals surface area (Å²) in [6, 6.07) is 7.68. The minimum absolute atomic E-state index is 0.0577. The lowest BCUT2D eigenvalue weighted by molar-refractivity contribution is 0.0773. The summed E-state index contributed by atoms with van der Waals surface area (Å²) in [5, 5.41) is 0. The number of amides is 1. The Bertz CT molecular complexity index is 805. The van der Waals surface area contributed by atoms with Crippen LogP contribution in [0, 0.1) is 0 Å². The summed E-state index contributed by atoms with van der Waals surface area (Å²) in [6.45, 7) is 5.40. The highest BCUT2D eigenvalue weighted by Crippen LogP contribution is 2.22. The summed E-state index contributed by atoms with van der Waals surface area (Å²) in [7, 11) is 0. The highest BCUT2D eigenvalue weighted by atomic mass is 16.2. The molecule has 0 saturated heterocycles. The Morgan fingerprint density at radius 1 is 1.23 bits per heavy atom. The number of fused-ring (bicyclic) bond motifs is 1. The molecule has 0 N–H and O–H groups in total. The maximum atomic E-state index is 12.5. The fraction of sp³-hybridized carbons (Fsp3) is 0.235. The summed E-state index contributed by atoms with van der Waals surface area (Å²) >= 11 is 0. The molecule has 0 saturated carbocycles. The number of carbonyl (C=O) groups is 1. The van der Waals surface area contributed by atoms with Crippen molar-refractivity contribution >= 4 is 11.6 Å². The monoisotopic (exact) mass is 294 g/mol. The molecule has 5 heteroatoms. The van der Waals surface area contributed by atoms with Crippen molar-refractivity contribution in [3.63, 3.8) is 0 Å². The number of benzene rings is 1. The van der Waals surface area contributed by atoms with Crippen molar-refractivity contribution in [1.29, 1.82) is 0 Å². The van der Waals surface area contributed by atoms with E-state index >= 15 is 0 Å². The van der Waals surface area contributed by atoms with Gasteiger partial charge in [-0.3, -0.25) is 14.2 Å². The molecule has 0 aliphatic carbocycles. The highest BCUT2D eigenvalue weighted by Gasteiger charge is 2.14. The van der Waals surface area contributed by atoms with E-state index in [9.17, 15) is 4.79 Å². The smallest absolute Gasteiger partial charge is 0.253 e. The number of carbonyl (C=O) groups excluding carboxylic acids is 1. The average Bonchev–Trinajstić information content (AvgIpc) is 3.00. The van der Waals surface area contributed by atoms with Gasteiger partial charge in [0.05, 0.1) is 18.1 Å². The van der Waals surface area contributed by atoms with E-state index in [0.29, 0.717) is 18.7 Å². The summed E-state index contributed by atoms with van der Waals surface area (Å²) in [4.78, 5) is 22.7. The van der Waals surface area contributed by atoms with E-state index in [2.05, 4.69) is 9.97 Å². The molecular formula is C17H18N4O. The first-order chi connectivity index (χ1) is 10.7. The Hall–Kier alpha value is -2.69. The standard InChI is InChI=1S/C17H18N4O/c1-3-20(4-2)17(22)14-7-5-6-13(10-14)15-11-19-16-12-18-8-9-21(15)16/h5-12H,3-4H2,1-2H3. The first kappa shape index (κ1) is 14.3. The fourth-order valence-electron chi connectivity index (χ4n) is 2.56. The summed E-state index contributed by atoms with van der Waals surface area (Å²) in [6.07, 6.45) is 7.12. The Labute approximate surface area is 129 Å². The lowest BCUT2D eigenvalue weighted by Crippen LogP contribution is -2.30. The second-order valence-electron chi connectivity index (χ2n) is 5.01. The van der Waals surface area contributed by atoms with E-state index in [1.54, 1.807) is 18.6 Å². The van der Waals surface area contributed by atoms with Crippen LogP contribution in [0.5, 0.6) is 0 Å². The Morgan fingerprint density at radius 2 is 2.05 bits per heavy atom. The molecule has 0 aliphatic heterocycles. The molecule has 2 heterocycles. The molecular weight excluding hydrogens is 276 g/mol. The van der Waals surface area contributed by atoms with Gasteiger partial charge in [-0.1, -0.05) is 12.1 Å².